The van der Waals surface area contributed by atoms with E-state index in [1.807, 2.05) is 0 Å². The van der Waals surface area contributed by atoms with Crippen LogP contribution in [0, 0.1) is 0 Å². The standard InChI is InChI=1S/C5H12O.3ClH.Zr/c1-2-3-4-5-6;;;;/h6H,2-5H2,1H3;3*1H;/q;;;;+3/p-3. The fourth-order valence-corrected chi connectivity index (χ4v) is 0.362. The Morgan fingerprint density at radius 3 is 1.70 bits per heavy atom. The van der Waals surface area contributed by atoms with Crippen molar-refractivity contribution in [2.45, 2.75) is 26.2 Å². The number of aliphatic hydroxyl groups excluding tert-OH is 1. The van der Waals surface area contributed by atoms with Crippen molar-refractivity contribution in [2.75, 3.05) is 6.61 Å². The molecule has 0 aromatic rings. The Bertz CT molecular complexity index is 47.4. The topological polar surface area (TPSA) is 20.2 Å². The molecule has 0 saturated heterocycles. The molecule has 0 aromatic carbocycles. The maximum absolute atomic E-state index is 8.20. The van der Waals surface area contributed by atoms with Crippen molar-refractivity contribution in [1.29, 1.82) is 0 Å². The van der Waals surface area contributed by atoms with Crippen molar-refractivity contribution in [3.8, 4) is 0 Å². The van der Waals surface area contributed by atoms with Gasteiger partial charge in [-0.15, -0.1) is 0 Å². The maximum atomic E-state index is 8.20. The van der Waals surface area contributed by atoms with Crippen LogP contribution in [-0.2, 0) is 18.2 Å². The molecule has 0 spiro atoms. The average Bonchev–Trinajstić information content (AvgIpc) is 1.82. The fourth-order valence-electron chi connectivity index (χ4n) is 0.362. The van der Waals surface area contributed by atoms with Gasteiger partial charge in [0.05, 0.1) is 0 Å². The third-order valence-electron chi connectivity index (χ3n) is 0.762. The molecule has 0 aromatic heterocycles. The van der Waals surface area contributed by atoms with E-state index in [2.05, 4.69) is 6.92 Å². The van der Waals surface area contributed by atoms with E-state index in [9.17, 15) is 0 Å². The van der Waals surface area contributed by atoms with Crippen LogP contribution >= 0.6 is 25.5 Å². The van der Waals surface area contributed by atoms with Crippen molar-refractivity contribution in [3.05, 3.63) is 0 Å². The second kappa shape index (κ2) is 13.3. The van der Waals surface area contributed by atoms with Gasteiger partial charge in [-0.25, -0.2) is 0 Å². The summed E-state index contributed by atoms with van der Waals surface area (Å²) in [6.45, 7) is 2.48. The predicted molar refractivity (Wildman–Crippen MR) is 44.2 cm³/mol. The van der Waals surface area contributed by atoms with Crippen molar-refractivity contribution in [1.82, 2.24) is 0 Å². The molecule has 0 atom stereocenters. The summed E-state index contributed by atoms with van der Waals surface area (Å²) in [4.78, 5) is 0. The number of hydrogen-bond acceptors (Lipinski definition) is 1. The zero-order valence-corrected chi connectivity index (χ0v) is 10.6. The normalized spacial score (nSPS) is 8.10. The molecule has 0 aliphatic rings. The summed E-state index contributed by atoms with van der Waals surface area (Å²) >= 11 is -2.13. The molecule has 0 bridgehead atoms. The third-order valence-corrected chi connectivity index (χ3v) is 0.762. The first-order chi connectivity index (χ1) is 4.65. The molecule has 0 saturated carbocycles. The van der Waals surface area contributed by atoms with Crippen LogP contribution < -0.4 is 0 Å². The van der Waals surface area contributed by atoms with Crippen LogP contribution in [-0.4, -0.2) is 11.7 Å². The molecule has 1 N–H and O–H groups in total. The van der Waals surface area contributed by atoms with Gasteiger partial charge in [-0.2, -0.15) is 0 Å². The van der Waals surface area contributed by atoms with Crippen molar-refractivity contribution < 1.29 is 23.3 Å². The second-order valence-corrected chi connectivity index (χ2v) is 12.8. The SMILES string of the molecule is CCCCCO.[Cl][Zr]([Cl])[Cl]. The minimum absolute atomic E-state index is 0.355. The number of unbranched alkanes of at least 4 members (excludes halogenated alkanes) is 2. The Morgan fingerprint density at radius 2 is 1.60 bits per heavy atom. The first kappa shape index (κ1) is 14.2. The first-order valence-electron chi connectivity index (χ1n) is 3.09. The van der Waals surface area contributed by atoms with Gasteiger partial charge in [-0.1, -0.05) is 19.8 Å². The molecule has 0 heterocycles. The summed E-state index contributed by atoms with van der Waals surface area (Å²) in [7, 11) is 15.0. The van der Waals surface area contributed by atoms with E-state index < -0.39 is 18.2 Å². The molecule has 0 amide bonds. The van der Waals surface area contributed by atoms with E-state index >= 15 is 0 Å². The molecule has 0 unspecified atom stereocenters. The monoisotopic (exact) mass is 283 g/mol. The quantitative estimate of drug-likeness (QED) is 0.789. The van der Waals surface area contributed by atoms with E-state index in [1.54, 1.807) is 0 Å². The Morgan fingerprint density at radius 1 is 1.20 bits per heavy atom. The van der Waals surface area contributed by atoms with E-state index in [-0.39, 0.29) is 0 Å². The van der Waals surface area contributed by atoms with Crippen LogP contribution in [0.1, 0.15) is 26.2 Å². The van der Waals surface area contributed by atoms with Gasteiger partial charge >= 0.3 is 43.7 Å². The van der Waals surface area contributed by atoms with Crippen LogP contribution in [0.3, 0.4) is 0 Å². The van der Waals surface area contributed by atoms with Crippen LogP contribution in [0.2, 0.25) is 0 Å². The molecule has 0 aliphatic heterocycles. The minimum atomic E-state index is -2.13. The van der Waals surface area contributed by atoms with Crippen molar-refractivity contribution >= 4 is 25.5 Å². The summed E-state index contributed by atoms with van der Waals surface area (Å²) < 4.78 is 0. The van der Waals surface area contributed by atoms with Crippen LogP contribution in [0.5, 0.6) is 0 Å². The van der Waals surface area contributed by atoms with E-state index in [4.69, 9.17) is 30.6 Å². The van der Waals surface area contributed by atoms with Crippen LogP contribution in [0.25, 0.3) is 0 Å². The summed E-state index contributed by atoms with van der Waals surface area (Å²) in [6.07, 6.45) is 3.33. The van der Waals surface area contributed by atoms with Crippen molar-refractivity contribution in [2.24, 2.45) is 0 Å². The molecule has 0 radical (unpaired) electrons. The van der Waals surface area contributed by atoms with Gasteiger partial charge in [0.25, 0.3) is 0 Å². The fraction of sp³-hybridized carbons (Fsp3) is 1.00. The molecule has 0 aliphatic carbocycles. The van der Waals surface area contributed by atoms with Gasteiger partial charge in [0, 0.05) is 6.61 Å². The van der Waals surface area contributed by atoms with Crippen LogP contribution in [0.15, 0.2) is 0 Å². The van der Waals surface area contributed by atoms with E-state index in [1.165, 1.54) is 6.42 Å². The summed E-state index contributed by atoms with van der Waals surface area (Å²) in [6, 6.07) is 0. The molecular weight excluding hydrogens is 274 g/mol. The van der Waals surface area contributed by atoms with E-state index in [0.717, 1.165) is 12.8 Å². The first-order valence-corrected chi connectivity index (χ1v) is 12.6. The number of rotatable bonds is 3. The second-order valence-electron chi connectivity index (χ2n) is 1.64. The van der Waals surface area contributed by atoms with Gasteiger partial charge in [0.2, 0.25) is 0 Å². The Kier molecular flexibility index (Phi) is 19.0. The summed E-state index contributed by atoms with van der Waals surface area (Å²) in [5, 5.41) is 8.20. The summed E-state index contributed by atoms with van der Waals surface area (Å²) in [5.74, 6) is 0. The predicted octanol–water partition coefficient (Wildman–Crippen LogP) is 3.23. The Labute approximate surface area is 81.0 Å². The van der Waals surface area contributed by atoms with Gasteiger partial charge in [0.1, 0.15) is 0 Å². The van der Waals surface area contributed by atoms with Gasteiger partial charge < -0.3 is 5.11 Å². The molecule has 0 fully saturated rings. The van der Waals surface area contributed by atoms with Crippen LogP contribution in [0.4, 0.5) is 0 Å². The molecule has 1 nitrogen and oxygen atoms in total. The summed E-state index contributed by atoms with van der Waals surface area (Å²) in [5.41, 5.74) is 0. The van der Waals surface area contributed by atoms with Crippen molar-refractivity contribution in [3.63, 3.8) is 0 Å². The van der Waals surface area contributed by atoms with E-state index in [0.29, 0.717) is 6.61 Å². The molecule has 5 heteroatoms. The van der Waals surface area contributed by atoms with Gasteiger partial charge in [-0.3, -0.25) is 0 Å². The Balaban J connectivity index is 0. The zero-order chi connectivity index (χ0) is 8.41. The molecule has 10 heavy (non-hydrogen) atoms. The van der Waals surface area contributed by atoms with Gasteiger partial charge in [-0.05, 0) is 6.42 Å². The number of aliphatic hydroxyl groups is 1. The molecular formula is C5H12Cl3OZr. The Hall–Kier alpha value is 1.71. The molecule has 0 rings (SSSR count). The third kappa shape index (κ3) is 33.2. The average molecular weight is 286 g/mol. The zero-order valence-electron chi connectivity index (χ0n) is 5.91. The number of hydrogen-bond donors (Lipinski definition) is 1. The number of halogens is 3. The van der Waals surface area contributed by atoms with Gasteiger partial charge in [0.15, 0.2) is 0 Å². The molecule has 63 valence electrons.